The SMILES string of the molecule is CN(C)C(=O)CCCCC1=C[C@H]2C[C@@H](O)[C@H](/C=C/[C@@H](O)C3CCCCC3)[C@H]2C1. The van der Waals surface area contributed by atoms with Gasteiger partial charge >= 0.3 is 0 Å². The van der Waals surface area contributed by atoms with Crippen LogP contribution in [0.25, 0.3) is 0 Å². The van der Waals surface area contributed by atoms with Crippen molar-refractivity contribution in [3.8, 4) is 0 Å². The Morgan fingerprint density at radius 3 is 2.71 bits per heavy atom. The molecule has 0 spiro atoms. The van der Waals surface area contributed by atoms with Crippen molar-refractivity contribution in [1.82, 2.24) is 4.90 Å². The molecule has 4 heteroatoms. The third-order valence-electron chi connectivity index (χ3n) is 7.25. The zero-order valence-corrected chi connectivity index (χ0v) is 17.7. The molecule has 4 nitrogen and oxygen atoms in total. The fourth-order valence-electron chi connectivity index (χ4n) is 5.52. The number of aliphatic hydroxyl groups is 2. The molecule has 0 aromatic carbocycles. The van der Waals surface area contributed by atoms with Gasteiger partial charge in [-0.15, -0.1) is 0 Å². The van der Waals surface area contributed by atoms with E-state index in [4.69, 9.17) is 0 Å². The Balaban J connectivity index is 1.45. The van der Waals surface area contributed by atoms with Crippen molar-refractivity contribution in [2.45, 2.75) is 82.8 Å². The van der Waals surface area contributed by atoms with Crippen LogP contribution in [0.2, 0.25) is 0 Å². The lowest BCUT2D eigenvalue weighted by Crippen LogP contribution is -2.22. The summed E-state index contributed by atoms with van der Waals surface area (Å²) in [7, 11) is 3.63. The van der Waals surface area contributed by atoms with E-state index in [1.54, 1.807) is 4.90 Å². The molecule has 3 aliphatic rings. The van der Waals surface area contributed by atoms with Crippen LogP contribution in [-0.2, 0) is 4.79 Å². The molecule has 2 fully saturated rings. The number of unbranched alkanes of at least 4 members (excludes halogenated alkanes) is 1. The number of hydrogen-bond donors (Lipinski definition) is 2. The van der Waals surface area contributed by atoms with Gasteiger partial charge in [0.05, 0.1) is 12.2 Å². The molecule has 5 atom stereocenters. The predicted molar refractivity (Wildman–Crippen MR) is 113 cm³/mol. The van der Waals surface area contributed by atoms with Crippen LogP contribution >= 0.6 is 0 Å². The van der Waals surface area contributed by atoms with Crippen LogP contribution in [0.1, 0.15) is 70.6 Å². The van der Waals surface area contributed by atoms with E-state index < -0.39 is 0 Å². The summed E-state index contributed by atoms with van der Waals surface area (Å²) in [5, 5.41) is 21.1. The summed E-state index contributed by atoms with van der Waals surface area (Å²) in [6.07, 6.45) is 17.5. The second-order valence-electron chi connectivity index (χ2n) is 9.51. The molecule has 0 saturated heterocycles. The van der Waals surface area contributed by atoms with Crippen LogP contribution in [0.3, 0.4) is 0 Å². The van der Waals surface area contributed by atoms with Gasteiger partial charge < -0.3 is 15.1 Å². The topological polar surface area (TPSA) is 60.8 Å². The quantitative estimate of drug-likeness (QED) is 0.486. The van der Waals surface area contributed by atoms with Crippen LogP contribution in [0, 0.1) is 23.7 Å². The van der Waals surface area contributed by atoms with Gasteiger partial charge in [0, 0.05) is 26.4 Å². The minimum atomic E-state index is -0.352. The highest BCUT2D eigenvalue weighted by Gasteiger charge is 2.43. The van der Waals surface area contributed by atoms with E-state index in [0.717, 1.165) is 44.9 Å². The molecule has 0 aromatic rings. The molecule has 2 N–H and O–H groups in total. The molecule has 0 aliphatic heterocycles. The number of hydrogen-bond acceptors (Lipinski definition) is 3. The third-order valence-corrected chi connectivity index (χ3v) is 7.25. The number of aliphatic hydroxyl groups excluding tert-OH is 2. The maximum atomic E-state index is 11.7. The van der Waals surface area contributed by atoms with E-state index in [9.17, 15) is 15.0 Å². The van der Waals surface area contributed by atoms with Gasteiger partial charge in [-0.25, -0.2) is 0 Å². The van der Waals surface area contributed by atoms with Gasteiger partial charge in [-0.05, 0) is 62.7 Å². The minimum Gasteiger partial charge on any atom is -0.392 e. The van der Waals surface area contributed by atoms with Crippen LogP contribution in [-0.4, -0.2) is 47.3 Å². The molecular formula is C24H39NO3. The highest BCUT2D eigenvalue weighted by Crippen LogP contribution is 2.48. The van der Waals surface area contributed by atoms with Crippen molar-refractivity contribution < 1.29 is 15.0 Å². The van der Waals surface area contributed by atoms with Gasteiger partial charge in [0.1, 0.15) is 0 Å². The maximum absolute atomic E-state index is 11.7. The van der Waals surface area contributed by atoms with Crippen LogP contribution in [0.4, 0.5) is 0 Å². The van der Waals surface area contributed by atoms with Gasteiger partial charge in [0.25, 0.3) is 0 Å². The first kappa shape index (κ1) is 21.6. The number of rotatable bonds is 8. The summed E-state index contributed by atoms with van der Waals surface area (Å²) in [6.45, 7) is 0. The van der Waals surface area contributed by atoms with Gasteiger partial charge in [0.2, 0.25) is 5.91 Å². The summed E-state index contributed by atoms with van der Waals surface area (Å²) in [4.78, 5) is 13.3. The second kappa shape index (κ2) is 10.1. The molecular weight excluding hydrogens is 350 g/mol. The average Bonchev–Trinajstić information content (AvgIpc) is 3.20. The fourth-order valence-corrected chi connectivity index (χ4v) is 5.52. The van der Waals surface area contributed by atoms with E-state index >= 15 is 0 Å². The van der Waals surface area contributed by atoms with Gasteiger partial charge in [-0.2, -0.15) is 0 Å². The number of amides is 1. The zero-order valence-electron chi connectivity index (χ0n) is 17.7. The maximum Gasteiger partial charge on any atom is 0.222 e. The summed E-state index contributed by atoms with van der Waals surface area (Å²) in [6, 6.07) is 0. The Kier molecular flexibility index (Phi) is 7.76. The lowest BCUT2D eigenvalue weighted by atomic mass is 9.83. The van der Waals surface area contributed by atoms with E-state index in [2.05, 4.69) is 12.2 Å². The standard InChI is InChI=1S/C24H39NO3/c1-25(2)24(28)11-7-6-8-17-14-19-16-23(27)20(21(19)15-17)12-13-22(26)18-9-4-3-5-10-18/h12-14,18-23,26-27H,3-11,15-16H2,1-2H3/b13-12+/t19-,20+,21-,22+,23+/m0/s1. The Hall–Kier alpha value is -1.13. The predicted octanol–water partition coefficient (Wildman–Crippen LogP) is 4.08. The Bertz CT molecular complexity index is 576. The first-order chi connectivity index (χ1) is 13.5. The van der Waals surface area contributed by atoms with Crippen molar-refractivity contribution in [1.29, 1.82) is 0 Å². The van der Waals surface area contributed by atoms with Crippen molar-refractivity contribution >= 4 is 5.91 Å². The monoisotopic (exact) mass is 389 g/mol. The fraction of sp³-hybridized carbons (Fsp3) is 0.792. The van der Waals surface area contributed by atoms with E-state index in [1.807, 2.05) is 20.2 Å². The molecule has 158 valence electrons. The second-order valence-corrected chi connectivity index (χ2v) is 9.51. The molecule has 3 aliphatic carbocycles. The number of allylic oxidation sites excluding steroid dienone is 2. The third kappa shape index (κ3) is 5.48. The molecule has 2 saturated carbocycles. The van der Waals surface area contributed by atoms with Crippen LogP contribution < -0.4 is 0 Å². The number of carbonyl (C=O) groups excluding carboxylic acids is 1. The van der Waals surface area contributed by atoms with Crippen molar-refractivity contribution in [2.75, 3.05) is 14.1 Å². The summed E-state index contributed by atoms with van der Waals surface area (Å²) in [5.41, 5.74) is 1.51. The normalized spacial score (nSPS) is 31.8. The Morgan fingerprint density at radius 2 is 2.00 bits per heavy atom. The molecule has 0 bridgehead atoms. The molecule has 0 aromatic heterocycles. The lowest BCUT2D eigenvalue weighted by molar-refractivity contribution is -0.128. The first-order valence-electron chi connectivity index (χ1n) is 11.4. The molecule has 0 unspecified atom stereocenters. The summed E-state index contributed by atoms with van der Waals surface area (Å²) >= 11 is 0. The van der Waals surface area contributed by atoms with Crippen molar-refractivity contribution in [3.63, 3.8) is 0 Å². The van der Waals surface area contributed by atoms with Gasteiger partial charge in [-0.1, -0.05) is 43.1 Å². The number of nitrogens with zero attached hydrogens (tertiary/aromatic N) is 1. The molecule has 28 heavy (non-hydrogen) atoms. The Morgan fingerprint density at radius 1 is 1.25 bits per heavy atom. The lowest BCUT2D eigenvalue weighted by Gasteiger charge is -2.25. The largest absolute Gasteiger partial charge is 0.392 e. The molecule has 0 heterocycles. The minimum absolute atomic E-state index is 0.173. The molecule has 3 rings (SSSR count). The van der Waals surface area contributed by atoms with Gasteiger partial charge in [0.15, 0.2) is 0 Å². The van der Waals surface area contributed by atoms with Crippen LogP contribution in [0.15, 0.2) is 23.8 Å². The highest BCUT2D eigenvalue weighted by molar-refractivity contribution is 5.75. The Labute approximate surface area is 170 Å². The van der Waals surface area contributed by atoms with Crippen molar-refractivity contribution in [3.05, 3.63) is 23.8 Å². The average molecular weight is 390 g/mol. The van der Waals surface area contributed by atoms with Crippen LogP contribution in [0.5, 0.6) is 0 Å². The molecule has 0 radical (unpaired) electrons. The highest BCUT2D eigenvalue weighted by atomic mass is 16.3. The number of fused-ring (bicyclic) bond motifs is 1. The van der Waals surface area contributed by atoms with E-state index in [-0.39, 0.29) is 24.0 Å². The smallest absolute Gasteiger partial charge is 0.222 e. The van der Waals surface area contributed by atoms with Gasteiger partial charge in [-0.3, -0.25) is 4.79 Å². The zero-order chi connectivity index (χ0) is 20.1. The van der Waals surface area contributed by atoms with E-state index in [0.29, 0.717) is 24.2 Å². The number of carbonyl (C=O) groups is 1. The summed E-state index contributed by atoms with van der Waals surface area (Å²) in [5.74, 6) is 1.76. The summed E-state index contributed by atoms with van der Waals surface area (Å²) < 4.78 is 0. The molecule has 1 amide bonds. The first-order valence-corrected chi connectivity index (χ1v) is 11.4. The van der Waals surface area contributed by atoms with Crippen molar-refractivity contribution in [2.24, 2.45) is 23.7 Å². The van der Waals surface area contributed by atoms with E-state index in [1.165, 1.54) is 24.8 Å².